The molecule has 0 aromatic heterocycles. The van der Waals surface area contributed by atoms with E-state index in [9.17, 15) is 0 Å². The Bertz CT molecular complexity index is 292. The average molecular weight is 175 g/mol. The van der Waals surface area contributed by atoms with Gasteiger partial charge in [-0.15, -0.1) is 0 Å². The summed E-state index contributed by atoms with van der Waals surface area (Å²) in [5, 5.41) is 0. The zero-order valence-electron chi connectivity index (χ0n) is 8.83. The Balaban J connectivity index is 3.12. The standard InChI is InChI=1S/C12H17N/c1-10(2)12(13(3)4)11-8-6-5-7-9-11/h5-9H,1-4H3. The van der Waals surface area contributed by atoms with Gasteiger partial charge >= 0.3 is 0 Å². The highest BCUT2D eigenvalue weighted by Gasteiger charge is 2.03. The van der Waals surface area contributed by atoms with Crippen molar-refractivity contribution in [3.63, 3.8) is 0 Å². The molecule has 0 saturated heterocycles. The van der Waals surface area contributed by atoms with Gasteiger partial charge in [-0.05, 0) is 19.4 Å². The van der Waals surface area contributed by atoms with Crippen LogP contribution >= 0.6 is 0 Å². The van der Waals surface area contributed by atoms with E-state index in [2.05, 4.69) is 57.1 Å². The maximum atomic E-state index is 2.16. The zero-order chi connectivity index (χ0) is 9.84. The first-order chi connectivity index (χ1) is 6.13. The number of benzene rings is 1. The van der Waals surface area contributed by atoms with Crippen LogP contribution in [0.3, 0.4) is 0 Å². The van der Waals surface area contributed by atoms with Crippen LogP contribution in [-0.4, -0.2) is 19.0 Å². The molecule has 1 nitrogen and oxygen atoms in total. The molecular weight excluding hydrogens is 158 g/mol. The maximum Gasteiger partial charge on any atom is 0.0420 e. The first-order valence-electron chi connectivity index (χ1n) is 4.53. The van der Waals surface area contributed by atoms with Crippen molar-refractivity contribution < 1.29 is 0 Å². The lowest BCUT2D eigenvalue weighted by atomic mass is 10.1. The van der Waals surface area contributed by atoms with Crippen molar-refractivity contribution in [1.82, 2.24) is 4.90 Å². The minimum Gasteiger partial charge on any atom is -0.377 e. The third kappa shape index (κ3) is 2.35. The van der Waals surface area contributed by atoms with Crippen molar-refractivity contribution in [2.45, 2.75) is 13.8 Å². The van der Waals surface area contributed by atoms with Crippen molar-refractivity contribution in [3.05, 3.63) is 41.5 Å². The van der Waals surface area contributed by atoms with Crippen molar-refractivity contribution >= 4 is 5.70 Å². The van der Waals surface area contributed by atoms with Gasteiger partial charge in [-0.1, -0.05) is 35.9 Å². The molecule has 0 aliphatic heterocycles. The molecule has 13 heavy (non-hydrogen) atoms. The van der Waals surface area contributed by atoms with E-state index in [1.54, 1.807) is 0 Å². The number of allylic oxidation sites excluding steroid dienone is 1. The Morgan fingerprint density at radius 3 is 1.92 bits per heavy atom. The molecule has 1 rings (SSSR count). The largest absolute Gasteiger partial charge is 0.377 e. The Labute approximate surface area is 80.7 Å². The van der Waals surface area contributed by atoms with Crippen LogP contribution in [0.25, 0.3) is 5.70 Å². The van der Waals surface area contributed by atoms with Gasteiger partial charge < -0.3 is 4.90 Å². The molecule has 0 heterocycles. The SMILES string of the molecule is CC(C)=C(c1ccccc1)N(C)C. The smallest absolute Gasteiger partial charge is 0.0420 e. The highest BCUT2D eigenvalue weighted by atomic mass is 15.1. The maximum absolute atomic E-state index is 2.16. The second-order valence-corrected chi connectivity index (χ2v) is 3.61. The summed E-state index contributed by atoms with van der Waals surface area (Å²) in [6, 6.07) is 10.5. The number of hydrogen-bond donors (Lipinski definition) is 0. The van der Waals surface area contributed by atoms with Crippen molar-refractivity contribution in [1.29, 1.82) is 0 Å². The Morgan fingerprint density at radius 1 is 1.00 bits per heavy atom. The minimum absolute atomic E-state index is 1.28. The first-order valence-corrected chi connectivity index (χ1v) is 4.53. The minimum atomic E-state index is 1.28. The van der Waals surface area contributed by atoms with E-state index in [0.717, 1.165) is 0 Å². The van der Waals surface area contributed by atoms with Gasteiger partial charge in [0.25, 0.3) is 0 Å². The van der Waals surface area contributed by atoms with E-state index >= 15 is 0 Å². The van der Waals surface area contributed by atoms with Crippen molar-refractivity contribution in [3.8, 4) is 0 Å². The summed E-state index contributed by atoms with van der Waals surface area (Å²) in [6.45, 7) is 4.28. The van der Waals surface area contributed by atoms with E-state index in [1.165, 1.54) is 16.8 Å². The number of nitrogens with zero attached hydrogens (tertiary/aromatic N) is 1. The quantitative estimate of drug-likeness (QED) is 0.668. The topological polar surface area (TPSA) is 3.24 Å². The summed E-state index contributed by atoms with van der Waals surface area (Å²) in [7, 11) is 4.16. The Morgan fingerprint density at radius 2 is 1.54 bits per heavy atom. The predicted molar refractivity (Wildman–Crippen MR) is 58.4 cm³/mol. The highest BCUT2D eigenvalue weighted by Crippen LogP contribution is 2.19. The average Bonchev–Trinajstić information content (AvgIpc) is 2.04. The molecule has 1 aromatic carbocycles. The molecule has 0 aliphatic carbocycles. The van der Waals surface area contributed by atoms with E-state index in [-0.39, 0.29) is 0 Å². The fourth-order valence-corrected chi connectivity index (χ4v) is 1.59. The fourth-order valence-electron chi connectivity index (χ4n) is 1.59. The molecule has 1 aromatic rings. The van der Waals surface area contributed by atoms with Crippen molar-refractivity contribution in [2.75, 3.05) is 14.1 Å². The van der Waals surface area contributed by atoms with Gasteiger partial charge in [0.05, 0.1) is 0 Å². The molecule has 70 valence electrons. The van der Waals surface area contributed by atoms with E-state index in [0.29, 0.717) is 0 Å². The van der Waals surface area contributed by atoms with Crippen LogP contribution < -0.4 is 0 Å². The summed E-state index contributed by atoms with van der Waals surface area (Å²) >= 11 is 0. The van der Waals surface area contributed by atoms with Gasteiger partial charge in [0, 0.05) is 19.8 Å². The van der Waals surface area contributed by atoms with Crippen LogP contribution in [0.1, 0.15) is 19.4 Å². The van der Waals surface area contributed by atoms with E-state index < -0.39 is 0 Å². The van der Waals surface area contributed by atoms with E-state index in [1.807, 2.05) is 6.07 Å². The fraction of sp³-hybridized carbons (Fsp3) is 0.333. The highest BCUT2D eigenvalue weighted by molar-refractivity contribution is 5.65. The second-order valence-electron chi connectivity index (χ2n) is 3.61. The summed E-state index contributed by atoms with van der Waals surface area (Å²) in [6.07, 6.45) is 0. The summed E-state index contributed by atoms with van der Waals surface area (Å²) in [4.78, 5) is 2.16. The molecule has 0 saturated carbocycles. The lowest BCUT2D eigenvalue weighted by Gasteiger charge is -2.19. The van der Waals surface area contributed by atoms with Crippen LogP contribution in [0.4, 0.5) is 0 Å². The second kappa shape index (κ2) is 4.13. The van der Waals surface area contributed by atoms with Crippen LogP contribution in [0.15, 0.2) is 35.9 Å². The number of rotatable bonds is 2. The molecule has 1 heteroatoms. The van der Waals surface area contributed by atoms with Gasteiger partial charge in [-0.2, -0.15) is 0 Å². The number of hydrogen-bond acceptors (Lipinski definition) is 1. The third-order valence-electron chi connectivity index (χ3n) is 1.97. The molecule has 0 atom stereocenters. The summed E-state index contributed by atoms with van der Waals surface area (Å²) in [5.41, 5.74) is 3.93. The van der Waals surface area contributed by atoms with Gasteiger partial charge in [-0.25, -0.2) is 0 Å². The Kier molecular flexibility index (Phi) is 3.13. The first kappa shape index (κ1) is 9.85. The third-order valence-corrected chi connectivity index (χ3v) is 1.97. The summed E-state index contributed by atoms with van der Waals surface area (Å²) < 4.78 is 0. The van der Waals surface area contributed by atoms with Crippen LogP contribution in [0.2, 0.25) is 0 Å². The van der Waals surface area contributed by atoms with Crippen LogP contribution in [0.5, 0.6) is 0 Å². The van der Waals surface area contributed by atoms with Gasteiger partial charge in [-0.3, -0.25) is 0 Å². The molecule has 0 unspecified atom stereocenters. The van der Waals surface area contributed by atoms with Gasteiger partial charge in [0.15, 0.2) is 0 Å². The molecular formula is C12H17N. The van der Waals surface area contributed by atoms with Crippen molar-refractivity contribution in [2.24, 2.45) is 0 Å². The predicted octanol–water partition coefficient (Wildman–Crippen LogP) is 3.00. The summed E-state index contributed by atoms with van der Waals surface area (Å²) in [5.74, 6) is 0. The molecule has 0 bridgehead atoms. The van der Waals surface area contributed by atoms with E-state index in [4.69, 9.17) is 0 Å². The molecule has 0 radical (unpaired) electrons. The van der Waals surface area contributed by atoms with Crippen LogP contribution in [0, 0.1) is 0 Å². The van der Waals surface area contributed by atoms with Crippen LogP contribution in [-0.2, 0) is 0 Å². The van der Waals surface area contributed by atoms with Gasteiger partial charge in [0.2, 0.25) is 0 Å². The van der Waals surface area contributed by atoms with Gasteiger partial charge in [0.1, 0.15) is 0 Å². The molecule has 0 aliphatic rings. The molecule has 0 amide bonds. The molecule has 0 fully saturated rings. The molecule has 0 spiro atoms. The molecule has 0 N–H and O–H groups in total. The lowest BCUT2D eigenvalue weighted by Crippen LogP contribution is -2.11. The normalized spacial score (nSPS) is 9.54. The lowest BCUT2D eigenvalue weighted by molar-refractivity contribution is 0.587. The monoisotopic (exact) mass is 175 g/mol. The Hall–Kier alpha value is -1.24. The zero-order valence-corrected chi connectivity index (χ0v) is 8.83.